The maximum Gasteiger partial charge on any atom is 0.266 e. The van der Waals surface area contributed by atoms with Crippen molar-refractivity contribution in [1.82, 2.24) is 4.90 Å². The molecule has 0 unspecified atom stereocenters. The average molecular weight is 392 g/mol. The van der Waals surface area contributed by atoms with Crippen LogP contribution in [0, 0.1) is 0 Å². The van der Waals surface area contributed by atoms with Crippen LogP contribution in [0.3, 0.4) is 0 Å². The molecule has 3 aromatic rings. The summed E-state index contributed by atoms with van der Waals surface area (Å²) in [6, 6.07) is 21.9. The summed E-state index contributed by atoms with van der Waals surface area (Å²) in [5.41, 5.74) is 1.95. The first-order chi connectivity index (χ1) is 13.2. The molecule has 0 radical (unpaired) electrons. The van der Waals surface area contributed by atoms with Crippen LogP contribution in [-0.2, 0) is 11.3 Å². The summed E-state index contributed by atoms with van der Waals surface area (Å²) in [6.45, 7) is 0.482. The zero-order valence-electron chi connectivity index (χ0n) is 14.7. The van der Waals surface area contributed by atoms with Crippen molar-refractivity contribution in [2.45, 2.75) is 6.54 Å². The molecular formula is C22H17NO2S2. The molecule has 1 heterocycles. The second kappa shape index (κ2) is 7.55. The Bertz CT molecular complexity index is 1060. The highest BCUT2D eigenvalue weighted by atomic mass is 32.2. The number of rotatable bonds is 4. The predicted octanol–water partition coefficient (Wildman–Crippen LogP) is 5.25. The third-order valence-corrected chi connectivity index (χ3v) is 5.86. The number of thiocarbonyl (C=S) groups is 1. The van der Waals surface area contributed by atoms with Crippen molar-refractivity contribution in [3.63, 3.8) is 0 Å². The Labute approximate surface area is 167 Å². The first kappa shape index (κ1) is 17.8. The van der Waals surface area contributed by atoms with Gasteiger partial charge in [-0.1, -0.05) is 84.6 Å². The van der Waals surface area contributed by atoms with Gasteiger partial charge < -0.3 is 4.74 Å². The molecule has 0 saturated carbocycles. The molecule has 0 aliphatic carbocycles. The van der Waals surface area contributed by atoms with Gasteiger partial charge in [-0.05, 0) is 28.5 Å². The van der Waals surface area contributed by atoms with Gasteiger partial charge in [-0.25, -0.2) is 0 Å². The van der Waals surface area contributed by atoms with E-state index in [4.69, 9.17) is 17.0 Å². The molecule has 3 nitrogen and oxygen atoms in total. The lowest BCUT2D eigenvalue weighted by atomic mass is 10.0. The van der Waals surface area contributed by atoms with Crippen LogP contribution in [0.1, 0.15) is 11.1 Å². The molecule has 0 atom stereocenters. The predicted molar refractivity (Wildman–Crippen MR) is 116 cm³/mol. The fourth-order valence-corrected chi connectivity index (χ4v) is 4.37. The third-order valence-electron chi connectivity index (χ3n) is 4.48. The van der Waals surface area contributed by atoms with Crippen LogP contribution in [-0.4, -0.2) is 22.2 Å². The van der Waals surface area contributed by atoms with Gasteiger partial charge in [0, 0.05) is 5.56 Å². The number of ether oxygens (including phenoxy) is 1. The minimum atomic E-state index is -0.0659. The van der Waals surface area contributed by atoms with Crippen molar-refractivity contribution in [3.8, 4) is 5.75 Å². The maximum atomic E-state index is 13.0. The number of amides is 1. The number of thioether (sulfide) groups is 1. The number of carbonyl (C=O) groups is 1. The Morgan fingerprint density at radius 3 is 2.56 bits per heavy atom. The SMILES string of the molecule is COc1ccc2ccccc2c1C=C1SC(=S)N(Cc2ccccc2)C1=O. The second-order valence-electron chi connectivity index (χ2n) is 6.16. The Hall–Kier alpha value is -2.63. The molecule has 1 saturated heterocycles. The fourth-order valence-electron chi connectivity index (χ4n) is 3.14. The lowest BCUT2D eigenvalue weighted by molar-refractivity contribution is -0.122. The molecule has 0 spiro atoms. The van der Waals surface area contributed by atoms with Gasteiger partial charge in [0.25, 0.3) is 5.91 Å². The van der Waals surface area contributed by atoms with E-state index in [-0.39, 0.29) is 5.91 Å². The Morgan fingerprint density at radius 1 is 1.04 bits per heavy atom. The van der Waals surface area contributed by atoms with E-state index in [1.807, 2.05) is 72.8 Å². The molecule has 1 fully saturated rings. The van der Waals surface area contributed by atoms with E-state index in [1.54, 1.807) is 12.0 Å². The van der Waals surface area contributed by atoms with E-state index in [9.17, 15) is 4.79 Å². The number of benzene rings is 3. The third kappa shape index (κ3) is 3.48. The lowest BCUT2D eigenvalue weighted by Gasteiger charge is -2.14. The van der Waals surface area contributed by atoms with Crippen LogP contribution in [0.5, 0.6) is 5.75 Å². The van der Waals surface area contributed by atoms with Crippen LogP contribution in [0.15, 0.2) is 71.6 Å². The van der Waals surface area contributed by atoms with Gasteiger partial charge in [0.05, 0.1) is 18.6 Å². The van der Waals surface area contributed by atoms with E-state index in [1.165, 1.54) is 11.8 Å². The van der Waals surface area contributed by atoms with Crippen LogP contribution < -0.4 is 4.74 Å². The second-order valence-corrected chi connectivity index (χ2v) is 7.83. The summed E-state index contributed by atoms with van der Waals surface area (Å²) in [7, 11) is 1.64. The molecule has 4 rings (SSSR count). The molecule has 0 bridgehead atoms. The summed E-state index contributed by atoms with van der Waals surface area (Å²) in [5, 5.41) is 2.15. The summed E-state index contributed by atoms with van der Waals surface area (Å²) in [5.74, 6) is 0.672. The number of hydrogen-bond acceptors (Lipinski definition) is 4. The van der Waals surface area contributed by atoms with Crippen LogP contribution in [0.2, 0.25) is 0 Å². The van der Waals surface area contributed by atoms with Gasteiger partial charge in [0.15, 0.2) is 0 Å². The number of fused-ring (bicyclic) bond motifs is 1. The minimum Gasteiger partial charge on any atom is -0.496 e. The average Bonchev–Trinajstić information content (AvgIpc) is 2.96. The Morgan fingerprint density at radius 2 is 1.78 bits per heavy atom. The molecule has 134 valence electrons. The zero-order valence-corrected chi connectivity index (χ0v) is 16.3. The monoisotopic (exact) mass is 391 g/mol. The lowest BCUT2D eigenvalue weighted by Crippen LogP contribution is -2.27. The highest BCUT2D eigenvalue weighted by Crippen LogP contribution is 2.37. The summed E-state index contributed by atoms with van der Waals surface area (Å²) in [4.78, 5) is 15.2. The van der Waals surface area contributed by atoms with Crippen LogP contribution in [0.4, 0.5) is 0 Å². The Balaban J connectivity index is 1.72. The minimum absolute atomic E-state index is 0.0659. The molecule has 1 aliphatic heterocycles. The summed E-state index contributed by atoms with van der Waals surface area (Å²) < 4.78 is 6.11. The van der Waals surface area contributed by atoms with E-state index in [2.05, 4.69) is 0 Å². The molecule has 5 heteroatoms. The topological polar surface area (TPSA) is 29.5 Å². The smallest absolute Gasteiger partial charge is 0.266 e. The van der Waals surface area contributed by atoms with Crippen molar-refractivity contribution >= 4 is 51.1 Å². The largest absolute Gasteiger partial charge is 0.496 e. The quantitative estimate of drug-likeness (QED) is 0.449. The summed E-state index contributed by atoms with van der Waals surface area (Å²) in [6.07, 6.45) is 1.89. The van der Waals surface area contributed by atoms with E-state index in [0.29, 0.717) is 15.8 Å². The Kier molecular flexibility index (Phi) is 4.97. The number of methoxy groups -OCH3 is 1. The maximum absolute atomic E-state index is 13.0. The van der Waals surface area contributed by atoms with Gasteiger partial charge >= 0.3 is 0 Å². The molecule has 27 heavy (non-hydrogen) atoms. The molecule has 0 aromatic heterocycles. The fraction of sp³-hybridized carbons (Fsp3) is 0.0909. The number of hydrogen-bond donors (Lipinski definition) is 0. The molecule has 3 aromatic carbocycles. The van der Waals surface area contributed by atoms with Crippen LogP contribution in [0.25, 0.3) is 16.8 Å². The van der Waals surface area contributed by atoms with Gasteiger partial charge in [0.2, 0.25) is 0 Å². The van der Waals surface area contributed by atoms with Gasteiger partial charge in [-0.3, -0.25) is 9.69 Å². The first-order valence-electron chi connectivity index (χ1n) is 8.52. The standard InChI is InChI=1S/C22H17NO2S2/c1-25-19-12-11-16-9-5-6-10-17(16)18(19)13-20-21(24)23(22(26)27-20)14-15-7-3-2-4-8-15/h2-13H,14H2,1H3. The van der Waals surface area contributed by atoms with Crippen molar-refractivity contribution < 1.29 is 9.53 Å². The number of nitrogens with zero attached hydrogens (tertiary/aromatic N) is 1. The van der Waals surface area contributed by atoms with Gasteiger partial charge in [-0.15, -0.1) is 0 Å². The molecule has 1 aliphatic rings. The van der Waals surface area contributed by atoms with Crippen molar-refractivity contribution in [2.24, 2.45) is 0 Å². The van der Waals surface area contributed by atoms with Crippen molar-refractivity contribution in [2.75, 3.05) is 7.11 Å². The van der Waals surface area contributed by atoms with E-state index in [0.717, 1.165) is 27.6 Å². The number of carbonyl (C=O) groups excluding carboxylic acids is 1. The first-order valence-corrected chi connectivity index (χ1v) is 9.75. The summed E-state index contributed by atoms with van der Waals surface area (Å²) >= 11 is 6.80. The molecule has 0 N–H and O–H groups in total. The van der Waals surface area contributed by atoms with E-state index >= 15 is 0 Å². The van der Waals surface area contributed by atoms with Crippen molar-refractivity contribution in [1.29, 1.82) is 0 Å². The van der Waals surface area contributed by atoms with Gasteiger partial charge in [-0.2, -0.15) is 0 Å². The highest BCUT2D eigenvalue weighted by Gasteiger charge is 2.32. The molecule has 1 amide bonds. The highest BCUT2D eigenvalue weighted by molar-refractivity contribution is 8.26. The van der Waals surface area contributed by atoms with E-state index < -0.39 is 0 Å². The van der Waals surface area contributed by atoms with Crippen molar-refractivity contribution in [3.05, 3.63) is 82.8 Å². The molecular weight excluding hydrogens is 374 g/mol. The van der Waals surface area contributed by atoms with Gasteiger partial charge in [0.1, 0.15) is 10.1 Å². The zero-order chi connectivity index (χ0) is 18.8. The normalized spacial score (nSPS) is 15.7. The van der Waals surface area contributed by atoms with Crippen LogP contribution >= 0.6 is 24.0 Å².